The van der Waals surface area contributed by atoms with Crippen molar-refractivity contribution in [3.8, 4) is 0 Å². The summed E-state index contributed by atoms with van der Waals surface area (Å²) in [6.45, 7) is 6.68. The molecule has 0 saturated carbocycles. The van der Waals surface area contributed by atoms with Crippen molar-refractivity contribution < 1.29 is 8.42 Å². The molecule has 1 aromatic carbocycles. The van der Waals surface area contributed by atoms with Gasteiger partial charge in [-0.25, -0.2) is 13.1 Å². The Morgan fingerprint density at radius 3 is 2.14 bits per heavy atom. The molecular weight excluding hydrogens is 308 g/mol. The van der Waals surface area contributed by atoms with E-state index in [0.29, 0.717) is 17.4 Å². The van der Waals surface area contributed by atoms with E-state index in [-0.39, 0.29) is 18.4 Å². The van der Waals surface area contributed by atoms with Crippen LogP contribution in [0.5, 0.6) is 0 Å². The van der Waals surface area contributed by atoms with Crippen LogP contribution in [0.4, 0.5) is 0 Å². The van der Waals surface area contributed by atoms with Crippen LogP contribution in [0.1, 0.15) is 32.8 Å². The zero-order valence-corrected chi connectivity index (χ0v) is 14.9. The molecule has 0 bridgehead atoms. The van der Waals surface area contributed by atoms with E-state index in [2.05, 4.69) is 23.9 Å². The third-order valence-corrected chi connectivity index (χ3v) is 4.76. The van der Waals surface area contributed by atoms with Crippen molar-refractivity contribution in [2.24, 2.45) is 5.92 Å². The zero-order chi connectivity index (χ0) is 15.2. The molecule has 0 aliphatic rings. The quantitative estimate of drug-likeness (QED) is 0.768. The molecule has 0 aliphatic heterocycles. The van der Waals surface area contributed by atoms with Gasteiger partial charge in [0.1, 0.15) is 0 Å². The molecule has 0 amide bonds. The molecule has 122 valence electrons. The minimum absolute atomic E-state index is 0. The lowest BCUT2D eigenvalue weighted by atomic mass is 10.0. The number of benzene rings is 1. The fourth-order valence-corrected chi connectivity index (χ4v) is 2.84. The zero-order valence-electron chi connectivity index (χ0n) is 13.2. The number of rotatable bonds is 8. The van der Waals surface area contributed by atoms with E-state index < -0.39 is 10.0 Å². The van der Waals surface area contributed by atoms with Gasteiger partial charge in [0.25, 0.3) is 0 Å². The summed E-state index contributed by atoms with van der Waals surface area (Å²) in [6.07, 6.45) is 2.10. The van der Waals surface area contributed by atoms with Crippen LogP contribution in [0.3, 0.4) is 0 Å². The van der Waals surface area contributed by atoms with Crippen LogP contribution in [0.15, 0.2) is 29.2 Å². The smallest absolute Gasteiger partial charge is 0.240 e. The molecule has 0 saturated heterocycles. The average molecular weight is 335 g/mol. The molecule has 0 radical (unpaired) electrons. The number of likely N-dealkylation sites (N-methyl/N-ethyl adjacent to an activating group) is 1. The summed E-state index contributed by atoms with van der Waals surface area (Å²) >= 11 is 0. The summed E-state index contributed by atoms with van der Waals surface area (Å²) in [5, 5.41) is 3.00. The maximum absolute atomic E-state index is 12.1. The molecule has 0 aliphatic carbocycles. The van der Waals surface area contributed by atoms with Gasteiger partial charge in [0.05, 0.1) is 4.90 Å². The van der Waals surface area contributed by atoms with Gasteiger partial charge in [-0.15, -0.1) is 12.4 Å². The summed E-state index contributed by atoms with van der Waals surface area (Å²) in [5.74, 6) is 0.656. The second-order valence-corrected chi connectivity index (χ2v) is 7.39. The summed E-state index contributed by atoms with van der Waals surface area (Å²) in [4.78, 5) is 0.328. The number of aryl methyl sites for hydroxylation is 1. The lowest BCUT2D eigenvalue weighted by Crippen LogP contribution is -2.37. The SMILES string of the molecule is CNC(C)CNS(=O)(=O)c1ccc(CCC(C)C)cc1.Cl. The molecule has 6 heteroatoms. The predicted octanol–water partition coefficient (Wildman–Crippen LogP) is 2.58. The molecule has 1 atom stereocenters. The Morgan fingerprint density at radius 1 is 1.10 bits per heavy atom. The van der Waals surface area contributed by atoms with E-state index in [9.17, 15) is 8.42 Å². The molecule has 0 aromatic heterocycles. The van der Waals surface area contributed by atoms with Crippen molar-refractivity contribution in [1.82, 2.24) is 10.0 Å². The van der Waals surface area contributed by atoms with Crippen molar-refractivity contribution in [2.75, 3.05) is 13.6 Å². The number of sulfonamides is 1. The molecule has 21 heavy (non-hydrogen) atoms. The van der Waals surface area contributed by atoms with Crippen molar-refractivity contribution in [1.29, 1.82) is 0 Å². The van der Waals surface area contributed by atoms with Crippen molar-refractivity contribution in [2.45, 2.75) is 44.6 Å². The predicted molar refractivity (Wildman–Crippen MR) is 90.6 cm³/mol. The number of nitrogens with one attached hydrogen (secondary N) is 2. The average Bonchev–Trinajstić information content (AvgIpc) is 2.43. The largest absolute Gasteiger partial charge is 0.316 e. The third-order valence-electron chi connectivity index (χ3n) is 3.32. The Hall–Kier alpha value is -0.620. The number of hydrogen-bond donors (Lipinski definition) is 2. The highest BCUT2D eigenvalue weighted by Crippen LogP contribution is 2.13. The minimum atomic E-state index is -3.40. The Balaban J connectivity index is 0.00000400. The van der Waals surface area contributed by atoms with Crippen molar-refractivity contribution >= 4 is 22.4 Å². The maximum atomic E-state index is 12.1. The van der Waals surface area contributed by atoms with Crippen LogP contribution in [0.2, 0.25) is 0 Å². The molecular formula is C15H27ClN2O2S. The van der Waals surface area contributed by atoms with Gasteiger partial charge in [-0.2, -0.15) is 0 Å². The lowest BCUT2D eigenvalue weighted by molar-refractivity contribution is 0.554. The van der Waals surface area contributed by atoms with E-state index in [1.165, 1.54) is 5.56 Å². The fourth-order valence-electron chi connectivity index (χ4n) is 1.71. The van der Waals surface area contributed by atoms with Crippen LogP contribution in [-0.2, 0) is 16.4 Å². The molecule has 4 nitrogen and oxygen atoms in total. The van der Waals surface area contributed by atoms with Crippen LogP contribution < -0.4 is 10.0 Å². The van der Waals surface area contributed by atoms with E-state index >= 15 is 0 Å². The number of hydrogen-bond acceptors (Lipinski definition) is 3. The Morgan fingerprint density at radius 2 is 1.67 bits per heavy atom. The molecule has 1 aromatic rings. The summed E-state index contributed by atoms with van der Waals surface area (Å²) < 4.78 is 26.8. The number of halogens is 1. The topological polar surface area (TPSA) is 58.2 Å². The van der Waals surface area contributed by atoms with E-state index in [1.54, 1.807) is 12.1 Å². The minimum Gasteiger partial charge on any atom is -0.316 e. The highest BCUT2D eigenvalue weighted by Gasteiger charge is 2.14. The van der Waals surface area contributed by atoms with Crippen LogP contribution in [0.25, 0.3) is 0 Å². The normalized spacial score (nSPS) is 13.0. The first kappa shape index (κ1) is 20.4. The van der Waals surface area contributed by atoms with Crippen LogP contribution >= 0.6 is 12.4 Å². The Bertz CT molecular complexity index is 501. The molecule has 1 unspecified atom stereocenters. The highest BCUT2D eigenvalue weighted by molar-refractivity contribution is 7.89. The van der Waals surface area contributed by atoms with Gasteiger partial charge in [0, 0.05) is 12.6 Å². The standard InChI is InChI=1S/C15H26N2O2S.ClH/c1-12(2)5-6-14-7-9-15(10-8-14)20(18,19)17-11-13(3)16-4;/h7-10,12-13,16-17H,5-6,11H2,1-4H3;1H. The summed E-state index contributed by atoms with van der Waals surface area (Å²) in [7, 11) is -1.60. The molecule has 0 fully saturated rings. The van der Waals surface area contributed by atoms with Gasteiger partial charge in [0.15, 0.2) is 0 Å². The van der Waals surface area contributed by atoms with Gasteiger partial charge in [-0.05, 0) is 50.4 Å². The van der Waals surface area contributed by atoms with Crippen LogP contribution in [0, 0.1) is 5.92 Å². The third kappa shape index (κ3) is 7.27. The second kappa shape index (κ2) is 9.41. The van der Waals surface area contributed by atoms with E-state index in [4.69, 9.17) is 0 Å². The van der Waals surface area contributed by atoms with Crippen molar-refractivity contribution in [3.63, 3.8) is 0 Å². The first-order valence-corrected chi connectivity index (χ1v) is 8.59. The molecule has 0 spiro atoms. The van der Waals surface area contributed by atoms with Gasteiger partial charge in [0.2, 0.25) is 10.0 Å². The Labute approximate surface area is 135 Å². The van der Waals surface area contributed by atoms with Gasteiger partial charge >= 0.3 is 0 Å². The summed E-state index contributed by atoms with van der Waals surface area (Å²) in [5.41, 5.74) is 1.18. The first-order chi connectivity index (χ1) is 9.35. The highest BCUT2D eigenvalue weighted by atomic mass is 35.5. The second-order valence-electron chi connectivity index (χ2n) is 5.62. The van der Waals surface area contributed by atoms with E-state index in [1.807, 2.05) is 26.1 Å². The molecule has 1 rings (SSSR count). The van der Waals surface area contributed by atoms with Crippen LogP contribution in [-0.4, -0.2) is 28.1 Å². The van der Waals surface area contributed by atoms with Crippen molar-refractivity contribution in [3.05, 3.63) is 29.8 Å². The van der Waals surface area contributed by atoms with Gasteiger partial charge in [-0.1, -0.05) is 26.0 Å². The Kier molecular flexibility index (Phi) is 9.13. The van der Waals surface area contributed by atoms with Gasteiger partial charge in [-0.3, -0.25) is 0 Å². The fraction of sp³-hybridized carbons (Fsp3) is 0.600. The lowest BCUT2D eigenvalue weighted by Gasteiger charge is -2.12. The first-order valence-electron chi connectivity index (χ1n) is 7.11. The van der Waals surface area contributed by atoms with E-state index in [0.717, 1.165) is 12.8 Å². The molecule has 0 heterocycles. The summed E-state index contributed by atoms with van der Waals surface area (Å²) in [6, 6.07) is 7.27. The molecule has 2 N–H and O–H groups in total. The maximum Gasteiger partial charge on any atom is 0.240 e. The van der Waals surface area contributed by atoms with Gasteiger partial charge < -0.3 is 5.32 Å². The monoisotopic (exact) mass is 334 g/mol.